The molecule has 0 bridgehead atoms. The minimum Gasteiger partial charge on any atom is -0.481 e. The summed E-state index contributed by atoms with van der Waals surface area (Å²) in [6.07, 6.45) is 0.342. The van der Waals surface area contributed by atoms with Gasteiger partial charge in [0.25, 0.3) is 0 Å². The third-order valence-electron chi connectivity index (χ3n) is 1.32. The molecule has 11 heavy (non-hydrogen) atoms. The van der Waals surface area contributed by atoms with Crippen LogP contribution in [0, 0.1) is 0 Å². The van der Waals surface area contributed by atoms with Gasteiger partial charge in [-0.3, -0.25) is 4.79 Å². The largest absolute Gasteiger partial charge is 0.481 e. The molecular weight excluding hydrogens is 215 g/mol. The number of rotatable bonds is 6. The van der Waals surface area contributed by atoms with Crippen LogP contribution in [0.1, 0.15) is 25.7 Å². The van der Waals surface area contributed by atoms with Gasteiger partial charge in [0.1, 0.15) is 6.17 Å². The summed E-state index contributed by atoms with van der Waals surface area (Å²) in [4.78, 5) is 10.0. The third-order valence-corrected chi connectivity index (χ3v) is 1.88. The van der Waals surface area contributed by atoms with E-state index < -0.39 is 12.1 Å². The zero-order chi connectivity index (χ0) is 8.69. The first-order valence-electron chi connectivity index (χ1n) is 3.58. The van der Waals surface area contributed by atoms with Crippen LogP contribution < -0.4 is 0 Å². The van der Waals surface area contributed by atoms with E-state index in [1.165, 1.54) is 0 Å². The first-order chi connectivity index (χ1) is 5.16. The molecule has 0 aliphatic rings. The van der Waals surface area contributed by atoms with Gasteiger partial charge in [-0.1, -0.05) is 15.9 Å². The van der Waals surface area contributed by atoms with Gasteiger partial charge in [-0.15, -0.1) is 0 Å². The Hall–Kier alpha value is -0.120. The molecule has 0 heterocycles. The highest BCUT2D eigenvalue weighted by Gasteiger charge is 2.07. The van der Waals surface area contributed by atoms with E-state index in [1.54, 1.807) is 0 Å². The van der Waals surface area contributed by atoms with E-state index in [-0.39, 0.29) is 12.8 Å². The lowest BCUT2D eigenvalue weighted by molar-refractivity contribution is -0.137. The summed E-state index contributed by atoms with van der Waals surface area (Å²) in [6, 6.07) is 0. The monoisotopic (exact) mass is 226 g/mol. The van der Waals surface area contributed by atoms with Crippen molar-refractivity contribution < 1.29 is 14.3 Å². The Bertz CT molecular complexity index is 119. The SMILES string of the molecule is O=C(O)CCC(F)CCCBr. The van der Waals surface area contributed by atoms with Gasteiger partial charge in [0.2, 0.25) is 0 Å². The van der Waals surface area contributed by atoms with E-state index >= 15 is 0 Å². The first kappa shape index (κ1) is 10.9. The molecule has 0 fully saturated rings. The summed E-state index contributed by atoms with van der Waals surface area (Å²) in [5, 5.41) is 8.99. The fraction of sp³-hybridized carbons (Fsp3) is 0.857. The Balaban J connectivity index is 3.22. The molecule has 0 saturated carbocycles. The molecule has 0 aliphatic carbocycles. The summed E-state index contributed by atoms with van der Waals surface area (Å²) >= 11 is 3.17. The Morgan fingerprint density at radius 2 is 2.18 bits per heavy atom. The summed E-state index contributed by atoms with van der Waals surface area (Å²) in [6.45, 7) is 0. The summed E-state index contributed by atoms with van der Waals surface area (Å²) in [7, 11) is 0. The van der Waals surface area contributed by atoms with E-state index in [1.807, 2.05) is 0 Å². The van der Waals surface area contributed by atoms with Crippen LogP contribution >= 0.6 is 15.9 Å². The molecule has 1 unspecified atom stereocenters. The van der Waals surface area contributed by atoms with E-state index in [4.69, 9.17) is 5.11 Å². The van der Waals surface area contributed by atoms with Gasteiger partial charge in [0.15, 0.2) is 0 Å². The number of hydrogen-bond donors (Lipinski definition) is 1. The molecule has 1 atom stereocenters. The van der Waals surface area contributed by atoms with Crippen molar-refractivity contribution in [2.45, 2.75) is 31.9 Å². The Morgan fingerprint density at radius 1 is 1.55 bits per heavy atom. The summed E-state index contributed by atoms with van der Waals surface area (Å²) in [5.74, 6) is -0.925. The zero-order valence-corrected chi connectivity index (χ0v) is 7.81. The molecule has 0 aromatic heterocycles. The second kappa shape index (κ2) is 6.58. The predicted octanol–water partition coefficient (Wildman–Crippen LogP) is 2.36. The topological polar surface area (TPSA) is 37.3 Å². The average Bonchev–Trinajstić information content (AvgIpc) is 1.97. The number of alkyl halides is 2. The standard InChI is InChI=1S/C7H12BrFO2/c8-5-1-2-6(9)3-4-7(10)11/h6H,1-5H2,(H,10,11). The number of carboxylic acid groups (broad SMARTS) is 1. The highest BCUT2D eigenvalue weighted by Crippen LogP contribution is 2.09. The maximum absolute atomic E-state index is 12.7. The molecule has 2 nitrogen and oxygen atoms in total. The number of aliphatic carboxylic acids is 1. The Labute approximate surface area is 73.9 Å². The molecular formula is C7H12BrFO2. The number of halogens is 2. The van der Waals surface area contributed by atoms with E-state index in [9.17, 15) is 9.18 Å². The minimum absolute atomic E-state index is 0.0660. The zero-order valence-electron chi connectivity index (χ0n) is 6.22. The van der Waals surface area contributed by atoms with Crippen molar-refractivity contribution in [2.24, 2.45) is 0 Å². The molecule has 0 aliphatic heterocycles. The van der Waals surface area contributed by atoms with Crippen LogP contribution in [0.4, 0.5) is 4.39 Å². The summed E-state index contributed by atoms with van der Waals surface area (Å²) in [5.41, 5.74) is 0. The highest BCUT2D eigenvalue weighted by molar-refractivity contribution is 9.09. The second-order valence-corrected chi connectivity index (χ2v) is 3.15. The molecule has 4 heteroatoms. The smallest absolute Gasteiger partial charge is 0.303 e. The fourth-order valence-corrected chi connectivity index (χ4v) is 1.05. The average molecular weight is 227 g/mol. The van der Waals surface area contributed by atoms with Crippen molar-refractivity contribution >= 4 is 21.9 Å². The van der Waals surface area contributed by atoms with Gasteiger partial charge in [0, 0.05) is 11.8 Å². The molecule has 0 rings (SSSR count). The van der Waals surface area contributed by atoms with Gasteiger partial charge >= 0.3 is 5.97 Å². The second-order valence-electron chi connectivity index (χ2n) is 2.36. The lowest BCUT2D eigenvalue weighted by Gasteiger charge is -2.03. The van der Waals surface area contributed by atoms with Crippen molar-refractivity contribution in [1.82, 2.24) is 0 Å². The quantitative estimate of drug-likeness (QED) is 0.707. The van der Waals surface area contributed by atoms with Crippen LogP contribution in [0.15, 0.2) is 0 Å². The Kier molecular flexibility index (Phi) is 6.51. The maximum Gasteiger partial charge on any atom is 0.303 e. The minimum atomic E-state index is -0.955. The van der Waals surface area contributed by atoms with Crippen molar-refractivity contribution in [2.75, 3.05) is 5.33 Å². The predicted molar refractivity (Wildman–Crippen MR) is 44.8 cm³/mol. The van der Waals surface area contributed by atoms with Crippen LogP contribution in [0.25, 0.3) is 0 Å². The van der Waals surface area contributed by atoms with E-state index in [0.29, 0.717) is 6.42 Å². The van der Waals surface area contributed by atoms with Crippen LogP contribution in [0.3, 0.4) is 0 Å². The number of carboxylic acids is 1. The molecule has 0 amide bonds. The van der Waals surface area contributed by atoms with Gasteiger partial charge in [0.05, 0.1) is 0 Å². The normalized spacial score (nSPS) is 12.9. The molecule has 0 spiro atoms. The maximum atomic E-state index is 12.7. The van der Waals surface area contributed by atoms with E-state index in [2.05, 4.69) is 15.9 Å². The summed E-state index contributed by atoms with van der Waals surface area (Å²) < 4.78 is 12.7. The molecule has 66 valence electrons. The van der Waals surface area contributed by atoms with Crippen LogP contribution in [0.5, 0.6) is 0 Å². The van der Waals surface area contributed by atoms with Crippen molar-refractivity contribution in [3.63, 3.8) is 0 Å². The molecule has 0 radical (unpaired) electrons. The van der Waals surface area contributed by atoms with Crippen molar-refractivity contribution in [3.05, 3.63) is 0 Å². The number of carbonyl (C=O) groups is 1. The lowest BCUT2D eigenvalue weighted by Crippen LogP contribution is -2.04. The fourth-order valence-electron chi connectivity index (χ4n) is 0.723. The van der Waals surface area contributed by atoms with Gasteiger partial charge in [-0.05, 0) is 19.3 Å². The van der Waals surface area contributed by atoms with Crippen LogP contribution in [-0.4, -0.2) is 22.6 Å². The highest BCUT2D eigenvalue weighted by atomic mass is 79.9. The first-order valence-corrected chi connectivity index (χ1v) is 4.70. The van der Waals surface area contributed by atoms with Gasteiger partial charge in [-0.25, -0.2) is 4.39 Å². The molecule has 0 aromatic carbocycles. The number of hydrogen-bond acceptors (Lipinski definition) is 1. The molecule has 0 saturated heterocycles. The molecule has 1 N–H and O–H groups in total. The van der Waals surface area contributed by atoms with Crippen LogP contribution in [-0.2, 0) is 4.79 Å². The van der Waals surface area contributed by atoms with E-state index in [0.717, 1.165) is 11.8 Å². The van der Waals surface area contributed by atoms with Crippen LogP contribution in [0.2, 0.25) is 0 Å². The lowest BCUT2D eigenvalue weighted by atomic mass is 10.1. The van der Waals surface area contributed by atoms with Gasteiger partial charge in [-0.2, -0.15) is 0 Å². The van der Waals surface area contributed by atoms with Crippen molar-refractivity contribution in [3.8, 4) is 0 Å². The Morgan fingerprint density at radius 3 is 2.64 bits per heavy atom. The third kappa shape index (κ3) is 7.78. The molecule has 0 aromatic rings. The van der Waals surface area contributed by atoms with Crippen molar-refractivity contribution in [1.29, 1.82) is 0 Å². The van der Waals surface area contributed by atoms with Gasteiger partial charge < -0.3 is 5.11 Å².